The van der Waals surface area contributed by atoms with Crippen molar-refractivity contribution in [3.8, 4) is 10.4 Å². The predicted molar refractivity (Wildman–Crippen MR) is 123 cm³/mol. The highest BCUT2D eigenvalue weighted by molar-refractivity contribution is 7.88. The Hall–Kier alpha value is -3.02. The second kappa shape index (κ2) is 8.49. The topological polar surface area (TPSA) is 96.7 Å². The fraction of sp³-hybridized carbons (Fsp3) is 0.150. The van der Waals surface area contributed by atoms with Crippen molar-refractivity contribution in [2.24, 2.45) is 4.40 Å². The van der Waals surface area contributed by atoms with E-state index >= 15 is 0 Å². The molecule has 1 amide bonds. The van der Waals surface area contributed by atoms with Crippen LogP contribution in [0.4, 0.5) is 10.1 Å². The predicted octanol–water partition coefficient (Wildman–Crippen LogP) is 3.93. The summed E-state index contributed by atoms with van der Waals surface area (Å²) >= 11 is 7.09. The highest BCUT2D eigenvalue weighted by Crippen LogP contribution is 2.31. The van der Waals surface area contributed by atoms with E-state index < -0.39 is 21.9 Å². The van der Waals surface area contributed by atoms with Gasteiger partial charge in [-0.1, -0.05) is 11.6 Å². The molecule has 0 fully saturated rings. The summed E-state index contributed by atoms with van der Waals surface area (Å²) in [5, 5.41) is 6.61. The maximum Gasteiger partial charge on any atom is 0.345 e. The van der Waals surface area contributed by atoms with Gasteiger partial charge in [0.25, 0.3) is 5.91 Å². The van der Waals surface area contributed by atoms with Crippen molar-refractivity contribution >= 4 is 50.5 Å². The van der Waals surface area contributed by atoms with Gasteiger partial charge in [0.2, 0.25) is 0 Å². The van der Waals surface area contributed by atoms with Crippen LogP contribution in [0, 0.1) is 5.82 Å². The van der Waals surface area contributed by atoms with Crippen LogP contribution in [0.1, 0.15) is 11.8 Å². The first-order valence-electron chi connectivity index (χ1n) is 9.38. The normalized spacial score (nSPS) is 15.3. The van der Waals surface area contributed by atoms with Crippen LogP contribution in [0.5, 0.6) is 0 Å². The molecule has 2 aromatic heterocycles. The third-order valence-electron chi connectivity index (χ3n) is 4.68. The number of hydrogen-bond acceptors (Lipinski definition) is 5. The van der Waals surface area contributed by atoms with E-state index in [-0.39, 0.29) is 22.1 Å². The van der Waals surface area contributed by atoms with Gasteiger partial charge in [-0.15, -0.1) is 15.7 Å². The summed E-state index contributed by atoms with van der Waals surface area (Å²) in [5.74, 6) is -1.33. The number of carbonyl (C=O) groups is 1. The number of amides is 1. The number of aryl methyl sites for hydroxylation is 1. The number of halogens is 2. The Labute approximate surface area is 192 Å². The van der Waals surface area contributed by atoms with Gasteiger partial charge in [-0.3, -0.25) is 9.48 Å². The van der Waals surface area contributed by atoms with E-state index in [4.69, 9.17) is 11.6 Å². The van der Waals surface area contributed by atoms with E-state index in [9.17, 15) is 17.6 Å². The van der Waals surface area contributed by atoms with Crippen LogP contribution >= 0.6 is 22.9 Å². The van der Waals surface area contributed by atoms with Crippen LogP contribution in [0.3, 0.4) is 0 Å². The maximum atomic E-state index is 13.4. The second-order valence-corrected chi connectivity index (χ2v) is 9.90. The van der Waals surface area contributed by atoms with Gasteiger partial charge in [-0.2, -0.15) is 13.5 Å². The number of anilines is 1. The van der Waals surface area contributed by atoms with E-state index in [1.54, 1.807) is 16.9 Å². The Kier molecular flexibility index (Phi) is 5.89. The largest absolute Gasteiger partial charge is 0.345 e. The molecule has 1 aliphatic rings. The molecule has 1 aliphatic heterocycles. The molecule has 0 bridgehead atoms. The van der Waals surface area contributed by atoms with Crippen molar-refractivity contribution < 1.29 is 17.6 Å². The minimum atomic E-state index is -4.12. The molecular weight excluding hydrogens is 477 g/mol. The first-order chi connectivity index (χ1) is 15.2. The van der Waals surface area contributed by atoms with Crippen molar-refractivity contribution in [3.63, 3.8) is 0 Å². The second-order valence-electron chi connectivity index (χ2n) is 6.78. The zero-order chi connectivity index (χ0) is 23.0. The maximum absolute atomic E-state index is 13.4. The molecule has 1 N–H and O–H groups in total. The van der Waals surface area contributed by atoms with E-state index in [1.165, 1.54) is 36.6 Å². The minimum absolute atomic E-state index is 0.135. The lowest BCUT2D eigenvalue weighted by molar-refractivity contribution is -0.113. The number of benzene rings is 1. The van der Waals surface area contributed by atoms with E-state index in [1.807, 2.05) is 19.2 Å². The van der Waals surface area contributed by atoms with E-state index in [0.29, 0.717) is 4.88 Å². The number of carbonyl (C=O) groups excluding carboxylic acids is 1. The van der Waals surface area contributed by atoms with Gasteiger partial charge < -0.3 is 5.32 Å². The summed E-state index contributed by atoms with van der Waals surface area (Å²) in [6.45, 7) is 2.71. The van der Waals surface area contributed by atoms with Crippen molar-refractivity contribution in [2.45, 2.75) is 13.5 Å². The molecule has 166 valence electrons. The van der Waals surface area contributed by atoms with Gasteiger partial charge >= 0.3 is 10.2 Å². The average molecular weight is 494 g/mol. The van der Waals surface area contributed by atoms with Gasteiger partial charge in [-0.25, -0.2) is 8.70 Å². The Bertz CT molecular complexity index is 1380. The molecule has 0 aliphatic carbocycles. The Morgan fingerprint density at radius 2 is 2.00 bits per heavy atom. The Morgan fingerprint density at radius 1 is 1.25 bits per heavy atom. The first kappa shape index (κ1) is 22.2. The minimum Gasteiger partial charge on any atom is -0.321 e. The summed E-state index contributed by atoms with van der Waals surface area (Å²) < 4.78 is 45.0. The molecule has 32 heavy (non-hydrogen) atoms. The smallest absolute Gasteiger partial charge is 0.321 e. The van der Waals surface area contributed by atoms with Gasteiger partial charge in [0, 0.05) is 35.9 Å². The van der Waals surface area contributed by atoms with E-state index in [0.717, 1.165) is 27.4 Å². The molecule has 0 unspecified atom stereocenters. The zero-order valence-electron chi connectivity index (χ0n) is 16.9. The Balaban J connectivity index is 1.65. The highest BCUT2D eigenvalue weighted by Gasteiger charge is 2.30. The molecule has 0 spiro atoms. The summed E-state index contributed by atoms with van der Waals surface area (Å²) in [5.41, 5.74) is 1.13. The summed E-state index contributed by atoms with van der Waals surface area (Å²) in [4.78, 5) is 14.3. The fourth-order valence-electron chi connectivity index (χ4n) is 2.94. The number of aromatic nitrogens is 2. The van der Waals surface area contributed by atoms with Crippen LogP contribution < -0.4 is 5.32 Å². The molecule has 4 rings (SSSR count). The molecule has 1 aromatic carbocycles. The van der Waals surface area contributed by atoms with Crippen molar-refractivity contribution in [3.05, 3.63) is 70.2 Å². The van der Waals surface area contributed by atoms with Gasteiger partial charge in [0.1, 0.15) is 11.5 Å². The van der Waals surface area contributed by atoms with Crippen LogP contribution in [0.15, 0.2) is 58.9 Å². The van der Waals surface area contributed by atoms with Crippen LogP contribution in [-0.4, -0.2) is 41.2 Å². The third-order valence-corrected chi connectivity index (χ3v) is 7.45. The van der Waals surface area contributed by atoms with Crippen LogP contribution in [0.25, 0.3) is 10.4 Å². The lowest BCUT2D eigenvalue weighted by Crippen LogP contribution is -2.35. The number of likely N-dealkylation sites (N-methyl/N-ethyl adjacent to an activating group) is 1. The standard InChI is InChI=1S/C20H17ClFN5O3S2/c1-3-27-11-12(10-23-27)18-6-7-19(31-18)16-9-17(26(2)32(29,30)25-16)20(28)24-13-4-5-15(22)14(21)8-13/h4-11H,3H2,1-2H3,(H,24,28). The SMILES string of the molecule is CCn1cc(-c2ccc(C3=NS(=O)(=O)N(C)C(C(=O)Nc4ccc(F)c(Cl)c4)=C3)s2)cn1. The summed E-state index contributed by atoms with van der Waals surface area (Å²) in [6, 6.07) is 7.26. The van der Waals surface area contributed by atoms with E-state index in [2.05, 4.69) is 14.8 Å². The number of nitrogens with zero attached hydrogens (tertiary/aromatic N) is 4. The monoisotopic (exact) mass is 493 g/mol. The molecule has 3 heterocycles. The van der Waals surface area contributed by atoms with Gasteiger partial charge in [0.05, 0.1) is 21.8 Å². The summed E-state index contributed by atoms with van der Waals surface area (Å²) in [6.07, 6.45) is 5.02. The number of nitrogens with one attached hydrogen (secondary N) is 1. The molecule has 0 atom stereocenters. The molecular formula is C20H17ClFN5O3S2. The highest BCUT2D eigenvalue weighted by atomic mass is 35.5. The molecule has 0 saturated carbocycles. The third kappa shape index (κ3) is 4.31. The molecule has 12 heteroatoms. The van der Waals surface area contributed by atoms with Crippen molar-refractivity contribution in [1.29, 1.82) is 0 Å². The lowest BCUT2D eigenvalue weighted by Gasteiger charge is -2.23. The molecule has 0 radical (unpaired) electrons. The van der Waals surface area contributed by atoms with Gasteiger partial charge in [0.15, 0.2) is 0 Å². The number of rotatable bonds is 5. The number of allylic oxidation sites excluding steroid dienone is 1. The quantitative estimate of drug-likeness (QED) is 0.582. The number of hydrogen-bond donors (Lipinski definition) is 1. The van der Waals surface area contributed by atoms with Crippen LogP contribution in [-0.2, 0) is 21.5 Å². The van der Waals surface area contributed by atoms with Crippen molar-refractivity contribution in [1.82, 2.24) is 14.1 Å². The first-order valence-corrected chi connectivity index (χ1v) is 12.0. The lowest BCUT2D eigenvalue weighted by atomic mass is 10.2. The fourth-order valence-corrected chi connectivity index (χ4v) is 5.03. The van der Waals surface area contributed by atoms with Gasteiger partial charge in [-0.05, 0) is 43.3 Å². The molecule has 3 aromatic rings. The van der Waals surface area contributed by atoms with Crippen molar-refractivity contribution in [2.75, 3.05) is 12.4 Å². The summed E-state index contributed by atoms with van der Waals surface area (Å²) in [7, 11) is -2.89. The molecule has 8 nitrogen and oxygen atoms in total. The average Bonchev–Trinajstić information content (AvgIpc) is 3.42. The Morgan fingerprint density at radius 3 is 2.69 bits per heavy atom. The number of thiophene rings is 1. The molecule has 0 saturated heterocycles. The zero-order valence-corrected chi connectivity index (χ0v) is 19.3. The van der Waals surface area contributed by atoms with Crippen LogP contribution in [0.2, 0.25) is 5.02 Å².